The molecule has 1 aliphatic carbocycles. The van der Waals surface area contributed by atoms with Crippen LogP contribution in [0.3, 0.4) is 0 Å². The summed E-state index contributed by atoms with van der Waals surface area (Å²) in [5.74, 6) is 1.51. The van der Waals surface area contributed by atoms with E-state index in [9.17, 15) is 4.79 Å². The van der Waals surface area contributed by atoms with Crippen LogP contribution in [-0.4, -0.2) is 31.1 Å². The van der Waals surface area contributed by atoms with Gasteiger partial charge in [0.2, 0.25) is 0 Å². The normalized spacial score (nSPS) is 19.5. The van der Waals surface area contributed by atoms with Gasteiger partial charge in [0.15, 0.2) is 0 Å². The number of methoxy groups -OCH3 is 2. The molecule has 2 aromatic rings. The Morgan fingerprint density at radius 2 is 1.71 bits per heavy atom. The van der Waals surface area contributed by atoms with Gasteiger partial charge in [0, 0.05) is 23.4 Å². The van der Waals surface area contributed by atoms with Gasteiger partial charge in [0.05, 0.1) is 19.8 Å². The first-order chi connectivity index (χ1) is 11.7. The van der Waals surface area contributed by atoms with Crippen LogP contribution >= 0.6 is 0 Å². The molecule has 1 aliphatic heterocycles. The Morgan fingerprint density at radius 1 is 1.04 bits per heavy atom. The minimum atomic E-state index is -0.219. The molecule has 4 rings (SSSR count). The molecule has 0 saturated heterocycles. The number of hydrogen-bond acceptors (Lipinski definition) is 4. The van der Waals surface area contributed by atoms with Gasteiger partial charge in [0.1, 0.15) is 17.7 Å². The lowest BCUT2D eigenvalue weighted by atomic mass is 10.0. The lowest BCUT2D eigenvalue weighted by Crippen LogP contribution is -2.44. The average molecular weight is 324 g/mol. The van der Waals surface area contributed by atoms with Gasteiger partial charge in [-0.25, -0.2) is 0 Å². The predicted octanol–water partition coefficient (Wildman–Crippen LogP) is 3.43. The molecular formula is C19H20N2O3. The van der Waals surface area contributed by atoms with E-state index in [2.05, 4.69) is 5.32 Å². The van der Waals surface area contributed by atoms with Gasteiger partial charge < -0.3 is 19.7 Å². The quantitative estimate of drug-likeness (QED) is 0.936. The van der Waals surface area contributed by atoms with Crippen molar-refractivity contribution in [1.82, 2.24) is 4.90 Å². The molecule has 24 heavy (non-hydrogen) atoms. The van der Waals surface area contributed by atoms with Crippen LogP contribution in [0, 0.1) is 0 Å². The number of nitrogens with zero attached hydrogens (tertiary/aromatic N) is 1. The van der Waals surface area contributed by atoms with E-state index in [1.54, 1.807) is 14.2 Å². The zero-order valence-electron chi connectivity index (χ0n) is 13.8. The van der Waals surface area contributed by atoms with Crippen LogP contribution in [0.15, 0.2) is 42.5 Å². The van der Waals surface area contributed by atoms with Crippen LogP contribution in [-0.2, 0) is 0 Å². The maximum atomic E-state index is 13.0. The first kappa shape index (κ1) is 14.9. The monoisotopic (exact) mass is 324 g/mol. The molecule has 1 atom stereocenters. The van der Waals surface area contributed by atoms with Gasteiger partial charge >= 0.3 is 0 Å². The largest absolute Gasteiger partial charge is 0.497 e. The molecule has 0 radical (unpaired) electrons. The molecule has 124 valence electrons. The van der Waals surface area contributed by atoms with E-state index < -0.39 is 0 Å². The van der Waals surface area contributed by atoms with Crippen LogP contribution in [0.2, 0.25) is 0 Å². The smallest absolute Gasteiger partial charge is 0.258 e. The van der Waals surface area contributed by atoms with Crippen molar-refractivity contribution in [3.8, 4) is 11.5 Å². The number of nitrogens with one attached hydrogen (secondary N) is 1. The summed E-state index contributed by atoms with van der Waals surface area (Å²) < 4.78 is 10.8. The number of hydrogen-bond donors (Lipinski definition) is 1. The minimum Gasteiger partial charge on any atom is -0.497 e. The number of para-hydroxylation sites is 1. The zero-order valence-corrected chi connectivity index (χ0v) is 13.8. The maximum absolute atomic E-state index is 13.0. The summed E-state index contributed by atoms with van der Waals surface area (Å²) in [4.78, 5) is 15.0. The summed E-state index contributed by atoms with van der Waals surface area (Å²) in [5, 5.41) is 3.51. The molecule has 5 nitrogen and oxygen atoms in total. The first-order valence-electron chi connectivity index (χ1n) is 8.12. The van der Waals surface area contributed by atoms with Crippen LogP contribution in [0.4, 0.5) is 5.69 Å². The lowest BCUT2D eigenvalue weighted by Gasteiger charge is -2.38. The van der Waals surface area contributed by atoms with Crippen molar-refractivity contribution in [3.63, 3.8) is 0 Å². The summed E-state index contributed by atoms with van der Waals surface area (Å²) in [7, 11) is 3.26. The van der Waals surface area contributed by atoms with Gasteiger partial charge in [-0.05, 0) is 37.1 Å². The molecule has 1 saturated carbocycles. The molecule has 0 bridgehead atoms. The number of fused-ring (bicyclic) bond motifs is 1. The Kier molecular flexibility index (Phi) is 3.56. The average Bonchev–Trinajstić information content (AvgIpc) is 3.46. The molecule has 0 spiro atoms. The lowest BCUT2D eigenvalue weighted by molar-refractivity contribution is 0.0666. The van der Waals surface area contributed by atoms with E-state index in [0.29, 0.717) is 17.5 Å². The highest BCUT2D eigenvalue weighted by Gasteiger charge is 2.42. The van der Waals surface area contributed by atoms with Crippen LogP contribution in [0.1, 0.15) is 34.9 Å². The summed E-state index contributed by atoms with van der Waals surface area (Å²) in [5.41, 5.74) is 2.56. The Morgan fingerprint density at radius 3 is 2.33 bits per heavy atom. The predicted molar refractivity (Wildman–Crippen MR) is 91.5 cm³/mol. The molecule has 2 aliphatic rings. The van der Waals surface area contributed by atoms with Crippen molar-refractivity contribution < 1.29 is 14.3 Å². The van der Waals surface area contributed by atoms with E-state index in [1.807, 2.05) is 47.4 Å². The summed E-state index contributed by atoms with van der Waals surface area (Å²) in [6, 6.07) is 13.7. The molecule has 1 amide bonds. The maximum Gasteiger partial charge on any atom is 0.258 e. The van der Waals surface area contributed by atoms with E-state index in [-0.39, 0.29) is 12.1 Å². The van der Waals surface area contributed by atoms with Crippen molar-refractivity contribution in [2.24, 2.45) is 0 Å². The Labute approximate surface area is 141 Å². The van der Waals surface area contributed by atoms with E-state index in [1.165, 1.54) is 0 Å². The molecule has 2 aromatic carbocycles. The fourth-order valence-corrected chi connectivity index (χ4v) is 3.23. The molecule has 1 heterocycles. The van der Waals surface area contributed by atoms with Crippen LogP contribution in [0.5, 0.6) is 11.5 Å². The van der Waals surface area contributed by atoms with Gasteiger partial charge in [0.25, 0.3) is 5.91 Å². The van der Waals surface area contributed by atoms with E-state index in [0.717, 1.165) is 29.7 Å². The Balaban J connectivity index is 1.80. The Bertz CT molecular complexity index is 764. The summed E-state index contributed by atoms with van der Waals surface area (Å²) in [6.07, 6.45) is 1.88. The molecule has 1 N–H and O–H groups in total. The number of carbonyl (C=O) groups is 1. The van der Waals surface area contributed by atoms with Crippen molar-refractivity contribution in [2.75, 3.05) is 19.5 Å². The number of carbonyl (C=O) groups excluding carboxylic acids is 1. The zero-order chi connectivity index (χ0) is 16.7. The van der Waals surface area contributed by atoms with Crippen molar-refractivity contribution in [3.05, 3.63) is 53.6 Å². The molecule has 0 aromatic heterocycles. The Hall–Kier alpha value is -2.69. The molecule has 5 heteroatoms. The summed E-state index contributed by atoms with van der Waals surface area (Å²) >= 11 is 0. The van der Waals surface area contributed by atoms with Crippen molar-refractivity contribution >= 4 is 11.6 Å². The van der Waals surface area contributed by atoms with Gasteiger partial charge in [-0.1, -0.05) is 12.1 Å². The number of amides is 1. The van der Waals surface area contributed by atoms with Gasteiger partial charge in [-0.15, -0.1) is 0 Å². The molecule has 1 unspecified atom stereocenters. The highest BCUT2D eigenvalue weighted by Crippen LogP contribution is 2.42. The van der Waals surface area contributed by atoms with Crippen molar-refractivity contribution in [2.45, 2.75) is 25.0 Å². The third-order valence-electron chi connectivity index (χ3n) is 4.59. The minimum absolute atomic E-state index is 0.0821. The first-order valence-corrected chi connectivity index (χ1v) is 8.12. The number of ether oxygens (including phenoxy) is 2. The fraction of sp³-hybridized carbons (Fsp3) is 0.316. The SMILES string of the molecule is COc1cc(OC)cc(C2Nc3ccccc3C(=O)N2C2CC2)c1. The second-order valence-corrected chi connectivity index (χ2v) is 6.18. The number of rotatable bonds is 4. The van der Waals surface area contributed by atoms with Crippen LogP contribution < -0.4 is 14.8 Å². The topological polar surface area (TPSA) is 50.8 Å². The third kappa shape index (κ3) is 2.46. The fourth-order valence-electron chi connectivity index (χ4n) is 3.23. The number of benzene rings is 2. The van der Waals surface area contributed by atoms with E-state index >= 15 is 0 Å². The third-order valence-corrected chi connectivity index (χ3v) is 4.59. The standard InChI is InChI=1S/C19H20N2O3/c1-23-14-9-12(10-15(11-14)24-2)18-20-17-6-4-3-5-16(17)19(22)21(18)13-7-8-13/h3-6,9-11,13,18,20H,7-8H2,1-2H3. The van der Waals surface area contributed by atoms with Gasteiger partial charge in [-0.2, -0.15) is 0 Å². The molecule has 1 fully saturated rings. The highest BCUT2D eigenvalue weighted by atomic mass is 16.5. The van der Waals surface area contributed by atoms with Crippen LogP contribution in [0.25, 0.3) is 0 Å². The molecular weight excluding hydrogens is 304 g/mol. The second kappa shape index (κ2) is 5.74. The summed E-state index contributed by atoms with van der Waals surface area (Å²) in [6.45, 7) is 0. The number of anilines is 1. The van der Waals surface area contributed by atoms with Gasteiger partial charge in [-0.3, -0.25) is 4.79 Å². The van der Waals surface area contributed by atoms with E-state index in [4.69, 9.17) is 9.47 Å². The second-order valence-electron chi connectivity index (χ2n) is 6.18. The highest BCUT2D eigenvalue weighted by molar-refractivity contribution is 6.02. The van der Waals surface area contributed by atoms with Crippen molar-refractivity contribution in [1.29, 1.82) is 0 Å².